The molecule has 1 rings (SSSR count). The van der Waals surface area contributed by atoms with Gasteiger partial charge in [0, 0.05) is 18.7 Å². The van der Waals surface area contributed by atoms with E-state index in [0.29, 0.717) is 17.9 Å². The monoisotopic (exact) mass is 281 g/mol. The summed E-state index contributed by atoms with van der Waals surface area (Å²) < 4.78 is 19.0. The SMILES string of the molecule is CCCCCC(C)(C)CNCc1cccc(OC)c1F. The van der Waals surface area contributed by atoms with Crippen LogP contribution in [0.25, 0.3) is 0 Å². The Morgan fingerprint density at radius 3 is 2.65 bits per heavy atom. The van der Waals surface area contributed by atoms with Gasteiger partial charge < -0.3 is 10.1 Å². The van der Waals surface area contributed by atoms with Gasteiger partial charge in [0.2, 0.25) is 0 Å². The summed E-state index contributed by atoms with van der Waals surface area (Å²) in [6, 6.07) is 5.27. The number of nitrogens with one attached hydrogen (secondary N) is 1. The third-order valence-corrected chi connectivity index (χ3v) is 3.64. The molecular formula is C17H28FNO. The fourth-order valence-electron chi connectivity index (χ4n) is 2.33. The molecule has 0 atom stereocenters. The molecule has 0 unspecified atom stereocenters. The average Bonchev–Trinajstić information content (AvgIpc) is 2.41. The van der Waals surface area contributed by atoms with Crippen LogP contribution in [0.5, 0.6) is 5.75 Å². The zero-order valence-electron chi connectivity index (χ0n) is 13.3. The first kappa shape index (κ1) is 17.0. The van der Waals surface area contributed by atoms with E-state index >= 15 is 0 Å². The topological polar surface area (TPSA) is 21.3 Å². The quantitative estimate of drug-likeness (QED) is 0.671. The molecule has 0 fully saturated rings. The smallest absolute Gasteiger partial charge is 0.169 e. The maximum atomic E-state index is 14.0. The molecule has 2 nitrogen and oxygen atoms in total. The van der Waals surface area contributed by atoms with Crippen LogP contribution >= 0.6 is 0 Å². The molecule has 0 aliphatic carbocycles. The van der Waals surface area contributed by atoms with Crippen molar-refractivity contribution >= 4 is 0 Å². The van der Waals surface area contributed by atoms with Gasteiger partial charge in [-0.3, -0.25) is 0 Å². The van der Waals surface area contributed by atoms with Crippen LogP contribution < -0.4 is 10.1 Å². The van der Waals surface area contributed by atoms with Gasteiger partial charge in [-0.1, -0.05) is 52.2 Å². The lowest BCUT2D eigenvalue weighted by atomic mass is 9.87. The second-order valence-electron chi connectivity index (χ2n) is 6.16. The molecule has 0 bridgehead atoms. The van der Waals surface area contributed by atoms with Crippen LogP contribution in [0.4, 0.5) is 4.39 Å². The van der Waals surface area contributed by atoms with Crippen molar-refractivity contribution in [3.8, 4) is 5.75 Å². The van der Waals surface area contributed by atoms with E-state index < -0.39 is 0 Å². The van der Waals surface area contributed by atoms with Gasteiger partial charge in [-0.05, 0) is 17.9 Å². The van der Waals surface area contributed by atoms with Gasteiger partial charge in [0.05, 0.1) is 7.11 Å². The van der Waals surface area contributed by atoms with Crippen molar-refractivity contribution in [1.29, 1.82) is 0 Å². The van der Waals surface area contributed by atoms with Crippen LogP contribution in [0.3, 0.4) is 0 Å². The van der Waals surface area contributed by atoms with Crippen molar-refractivity contribution in [2.75, 3.05) is 13.7 Å². The molecule has 1 aromatic rings. The predicted molar refractivity (Wildman–Crippen MR) is 82.6 cm³/mol. The number of rotatable bonds is 9. The molecule has 0 radical (unpaired) electrons. The molecule has 0 amide bonds. The highest BCUT2D eigenvalue weighted by Gasteiger charge is 2.17. The van der Waals surface area contributed by atoms with Gasteiger partial charge in [0.1, 0.15) is 0 Å². The minimum Gasteiger partial charge on any atom is -0.494 e. The average molecular weight is 281 g/mol. The Morgan fingerprint density at radius 1 is 1.25 bits per heavy atom. The Bertz CT molecular complexity index is 404. The van der Waals surface area contributed by atoms with Gasteiger partial charge >= 0.3 is 0 Å². The van der Waals surface area contributed by atoms with E-state index in [0.717, 1.165) is 6.54 Å². The van der Waals surface area contributed by atoms with Crippen LogP contribution in [0.15, 0.2) is 18.2 Å². The molecular weight excluding hydrogens is 253 g/mol. The van der Waals surface area contributed by atoms with Crippen LogP contribution in [-0.2, 0) is 6.54 Å². The van der Waals surface area contributed by atoms with Gasteiger partial charge in [-0.15, -0.1) is 0 Å². The van der Waals surface area contributed by atoms with E-state index in [1.807, 2.05) is 6.07 Å². The van der Waals surface area contributed by atoms with E-state index in [1.165, 1.54) is 32.8 Å². The Balaban J connectivity index is 2.44. The molecule has 0 saturated carbocycles. The second-order valence-corrected chi connectivity index (χ2v) is 6.16. The molecule has 20 heavy (non-hydrogen) atoms. The molecule has 1 N–H and O–H groups in total. The normalized spacial score (nSPS) is 11.7. The standard InChI is InChI=1S/C17H28FNO/c1-5-6-7-11-17(2,3)13-19-12-14-9-8-10-15(20-4)16(14)18/h8-10,19H,5-7,11-13H2,1-4H3. The molecule has 1 aromatic carbocycles. The van der Waals surface area contributed by atoms with Gasteiger partial charge in [0.25, 0.3) is 0 Å². The predicted octanol–water partition coefficient (Wildman–Crippen LogP) is 4.53. The van der Waals surface area contributed by atoms with Crippen molar-refractivity contribution in [1.82, 2.24) is 5.32 Å². The number of hydrogen-bond acceptors (Lipinski definition) is 2. The van der Waals surface area contributed by atoms with Crippen molar-refractivity contribution in [3.05, 3.63) is 29.6 Å². The molecule has 114 valence electrons. The summed E-state index contributed by atoms with van der Waals surface area (Å²) in [5.41, 5.74) is 0.915. The number of benzene rings is 1. The lowest BCUT2D eigenvalue weighted by molar-refractivity contribution is 0.300. The number of methoxy groups -OCH3 is 1. The van der Waals surface area contributed by atoms with E-state index in [2.05, 4.69) is 26.1 Å². The molecule has 3 heteroatoms. The summed E-state index contributed by atoms with van der Waals surface area (Å²) >= 11 is 0. The Morgan fingerprint density at radius 2 is 2.00 bits per heavy atom. The zero-order chi connectivity index (χ0) is 15.0. The molecule has 0 saturated heterocycles. The number of unbranched alkanes of at least 4 members (excludes halogenated alkanes) is 2. The lowest BCUT2D eigenvalue weighted by Gasteiger charge is -2.25. The molecule has 0 spiro atoms. The summed E-state index contributed by atoms with van der Waals surface area (Å²) in [5.74, 6) is 0.0535. The van der Waals surface area contributed by atoms with Crippen molar-refractivity contribution in [3.63, 3.8) is 0 Å². The van der Waals surface area contributed by atoms with E-state index in [4.69, 9.17) is 4.74 Å². The summed E-state index contributed by atoms with van der Waals surface area (Å²) in [4.78, 5) is 0. The molecule has 0 aliphatic heterocycles. The van der Waals surface area contributed by atoms with E-state index in [9.17, 15) is 4.39 Å². The first-order valence-electron chi connectivity index (χ1n) is 7.52. The third kappa shape index (κ3) is 5.49. The summed E-state index contributed by atoms with van der Waals surface area (Å²) in [5, 5.41) is 3.37. The largest absolute Gasteiger partial charge is 0.494 e. The second kappa shape index (κ2) is 8.25. The van der Waals surface area contributed by atoms with Crippen LogP contribution in [0, 0.1) is 11.2 Å². The maximum Gasteiger partial charge on any atom is 0.169 e. The van der Waals surface area contributed by atoms with Crippen LogP contribution in [0.1, 0.15) is 52.0 Å². The highest BCUT2D eigenvalue weighted by Crippen LogP contribution is 2.23. The minimum atomic E-state index is -0.258. The first-order valence-corrected chi connectivity index (χ1v) is 7.52. The Labute approximate surface area is 122 Å². The number of hydrogen-bond donors (Lipinski definition) is 1. The fraction of sp³-hybridized carbons (Fsp3) is 0.647. The first-order chi connectivity index (χ1) is 9.50. The summed E-state index contributed by atoms with van der Waals surface area (Å²) in [6.45, 7) is 8.18. The summed E-state index contributed by atoms with van der Waals surface area (Å²) in [7, 11) is 1.49. The van der Waals surface area contributed by atoms with Gasteiger partial charge in [-0.25, -0.2) is 4.39 Å². The number of halogens is 1. The lowest BCUT2D eigenvalue weighted by Crippen LogP contribution is -2.29. The maximum absolute atomic E-state index is 14.0. The van der Waals surface area contributed by atoms with Gasteiger partial charge in [0.15, 0.2) is 11.6 Å². The third-order valence-electron chi connectivity index (χ3n) is 3.64. The fourth-order valence-corrected chi connectivity index (χ4v) is 2.33. The van der Waals surface area contributed by atoms with Crippen molar-refractivity contribution in [2.45, 2.75) is 53.0 Å². The highest BCUT2D eigenvalue weighted by atomic mass is 19.1. The van der Waals surface area contributed by atoms with Crippen molar-refractivity contribution in [2.24, 2.45) is 5.41 Å². The molecule has 0 aliphatic rings. The van der Waals surface area contributed by atoms with Crippen LogP contribution in [-0.4, -0.2) is 13.7 Å². The molecule has 0 heterocycles. The van der Waals surface area contributed by atoms with Gasteiger partial charge in [-0.2, -0.15) is 0 Å². The minimum absolute atomic E-state index is 0.254. The molecule has 0 aromatic heterocycles. The Hall–Kier alpha value is -1.09. The van der Waals surface area contributed by atoms with E-state index in [-0.39, 0.29) is 11.2 Å². The highest BCUT2D eigenvalue weighted by molar-refractivity contribution is 5.30. The van der Waals surface area contributed by atoms with Crippen LogP contribution in [0.2, 0.25) is 0 Å². The summed E-state index contributed by atoms with van der Waals surface area (Å²) in [6.07, 6.45) is 5.00. The van der Waals surface area contributed by atoms with Crippen molar-refractivity contribution < 1.29 is 9.13 Å². The number of ether oxygens (including phenoxy) is 1. The Kier molecular flexibility index (Phi) is 7.00. The van der Waals surface area contributed by atoms with E-state index in [1.54, 1.807) is 12.1 Å². The zero-order valence-corrected chi connectivity index (χ0v) is 13.3.